The van der Waals surface area contributed by atoms with E-state index in [1.54, 1.807) is 13.2 Å². The third kappa shape index (κ3) is 2.13. The van der Waals surface area contributed by atoms with Gasteiger partial charge in [-0.3, -0.25) is 0 Å². The molecule has 2 saturated carbocycles. The first-order valence-corrected chi connectivity index (χ1v) is 13.0. The van der Waals surface area contributed by atoms with Gasteiger partial charge in [-0.2, -0.15) is 0 Å². The van der Waals surface area contributed by atoms with Crippen LogP contribution in [0.25, 0.3) is 0 Å². The van der Waals surface area contributed by atoms with Gasteiger partial charge in [-0.1, -0.05) is 37.5 Å². The van der Waals surface area contributed by atoms with Crippen LogP contribution < -0.4 is 4.74 Å². The third-order valence-electron chi connectivity index (χ3n) is 11.2. The molecule has 1 saturated heterocycles. The van der Waals surface area contributed by atoms with Gasteiger partial charge in [0.25, 0.3) is 0 Å². The lowest BCUT2D eigenvalue weighted by Gasteiger charge is -2.72. The number of aromatic hydroxyl groups is 1. The summed E-state index contributed by atoms with van der Waals surface area (Å²) >= 11 is 0. The second-order valence-corrected chi connectivity index (χ2v) is 12.1. The minimum absolute atomic E-state index is 0.0479. The minimum Gasteiger partial charge on any atom is -0.504 e. The molecule has 4 bridgehead atoms. The number of ether oxygens (including phenoxy) is 2. The van der Waals surface area contributed by atoms with Gasteiger partial charge in [-0.25, -0.2) is 0 Å². The number of hydrogen-bond donors (Lipinski definition) is 2. The fourth-order valence-electron chi connectivity index (χ4n) is 9.69. The van der Waals surface area contributed by atoms with E-state index >= 15 is 0 Å². The van der Waals surface area contributed by atoms with E-state index in [9.17, 15) is 10.2 Å². The van der Waals surface area contributed by atoms with E-state index in [0.29, 0.717) is 11.8 Å². The van der Waals surface area contributed by atoms with Crippen molar-refractivity contribution < 1.29 is 19.7 Å². The Kier molecular flexibility index (Phi) is 4.00. The van der Waals surface area contributed by atoms with E-state index < -0.39 is 11.2 Å². The largest absolute Gasteiger partial charge is 0.504 e. The normalized spacial score (nSPS) is 44.9. The highest BCUT2D eigenvalue weighted by atomic mass is 16.6. The average Bonchev–Trinajstić information content (AvgIpc) is 3.21. The minimum atomic E-state index is -0.830. The second kappa shape index (κ2) is 6.35. The van der Waals surface area contributed by atoms with Crippen LogP contribution in [0.3, 0.4) is 0 Å². The Labute approximate surface area is 196 Å². The molecule has 1 aromatic rings. The maximum atomic E-state index is 12.3. The summed E-state index contributed by atoms with van der Waals surface area (Å²) in [4.78, 5) is 2.54. The highest BCUT2D eigenvalue weighted by Crippen LogP contribution is 2.75. The number of piperidine rings is 1. The van der Waals surface area contributed by atoms with Gasteiger partial charge in [0, 0.05) is 30.0 Å². The molecule has 0 radical (unpaired) electrons. The first-order valence-electron chi connectivity index (χ1n) is 13.0. The Morgan fingerprint density at radius 3 is 2.73 bits per heavy atom. The van der Waals surface area contributed by atoms with Crippen LogP contribution >= 0.6 is 0 Å². The number of fused-ring (bicyclic) bond motifs is 1. The maximum absolute atomic E-state index is 12.3. The molecule has 5 aliphatic carbocycles. The molecule has 1 aromatic carbocycles. The van der Waals surface area contributed by atoms with Gasteiger partial charge in [0.15, 0.2) is 11.5 Å². The fourth-order valence-corrected chi connectivity index (χ4v) is 9.69. The summed E-state index contributed by atoms with van der Waals surface area (Å²) in [6.07, 6.45) is 13.2. The molecule has 7 aliphatic rings. The number of nitrogens with zero attached hydrogens (tertiary/aromatic N) is 1. The van der Waals surface area contributed by atoms with Crippen LogP contribution in [0.1, 0.15) is 63.0 Å². The van der Waals surface area contributed by atoms with Crippen LogP contribution in [0.15, 0.2) is 24.3 Å². The molecule has 2 unspecified atom stereocenters. The number of phenols is 1. The van der Waals surface area contributed by atoms with E-state index in [4.69, 9.17) is 9.47 Å². The summed E-state index contributed by atoms with van der Waals surface area (Å²) in [7, 11) is 4.06. The molecule has 33 heavy (non-hydrogen) atoms. The highest BCUT2D eigenvalue weighted by molar-refractivity contribution is 5.65. The van der Waals surface area contributed by atoms with Crippen molar-refractivity contribution in [3.05, 3.63) is 35.4 Å². The number of aliphatic hydroxyl groups is 1. The zero-order chi connectivity index (χ0) is 22.8. The molecule has 3 fully saturated rings. The Bertz CT molecular complexity index is 1040. The van der Waals surface area contributed by atoms with Crippen molar-refractivity contribution in [2.24, 2.45) is 17.3 Å². The smallest absolute Gasteiger partial charge is 0.165 e. The van der Waals surface area contributed by atoms with Gasteiger partial charge in [0.2, 0.25) is 0 Å². The molecule has 5 nitrogen and oxygen atoms in total. The first kappa shape index (κ1) is 20.8. The molecule has 5 heteroatoms. The van der Waals surface area contributed by atoms with Crippen molar-refractivity contribution >= 4 is 0 Å². The van der Waals surface area contributed by atoms with Crippen molar-refractivity contribution in [1.29, 1.82) is 0 Å². The summed E-state index contributed by atoms with van der Waals surface area (Å²) in [5, 5.41) is 23.2. The number of likely N-dealkylation sites (N-methyl/N-ethyl adjacent to an activating group) is 1. The molecule has 8 rings (SSSR count). The monoisotopic (exact) mass is 451 g/mol. The number of rotatable bonds is 3. The number of hydrogen-bond acceptors (Lipinski definition) is 5. The van der Waals surface area contributed by atoms with Crippen molar-refractivity contribution in [3.63, 3.8) is 0 Å². The molecule has 2 aliphatic heterocycles. The van der Waals surface area contributed by atoms with Crippen LogP contribution in [0, 0.1) is 17.3 Å². The lowest BCUT2D eigenvalue weighted by molar-refractivity contribution is -0.256. The predicted octanol–water partition coefficient (Wildman–Crippen LogP) is 3.94. The van der Waals surface area contributed by atoms with Crippen LogP contribution in [0.2, 0.25) is 0 Å². The Morgan fingerprint density at radius 2 is 1.97 bits per heavy atom. The Morgan fingerprint density at radius 1 is 1.18 bits per heavy atom. The quantitative estimate of drug-likeness (QED) is 0.682. The van der Waals surface area contributed by atoms with Gasteiger partial charge in [-0.15, -0.1) is 0 Å². The second-order valence-electron chi connectivity index (χ2n) is 12.1. The molecule has 2 spiro atoms. The number of methoxy groups -OCH3 is 1. The van der Waals surface area contributed by atoms with Crippen molar-refractivity contribution in [2.75, 3.05) is 20.7 Å². The number of benzene rings is 1. The van der Waals surface area contributed by atoms with Crippen LogP contribution in [-0.2, 0) is 16.6 Å². The molecule has 0 aromatic heterocycles. The van der Waals surface area contributed by atoms with Gasteiger partial charge in [0.05, 0.1) is 11.0 Å². The topological polar surface area (TPSA) is 62.2 Å². The molecule has 178 valence electrons. The predicted molar refractivity (Wildman–Crippen MR) is 126 cm³/mol. The van der Waals surface area contributed by atoms with Gasteiger partial charge in [-0.05, 0) is 70.2 Å². The first-order chi connectivity index (χ1) is 15.8. The summed E-state index contributed by atoms with van der Waals surface area (Å²) < 4.78 is 13.3. The summed E-state index contributed by atoms with van der Waals surface area (Å²) in [5.74, 6) is 1.16. The maximum Gasteiger partial charge on any atom is 0.165 e. The van der Waals surface area contributed by atoms with E-state index in [1.807, 2.05) is 0 Å². The number of phenolic OH excluding ortho intramolecular Hbond substituents is 1. The average molecular weight is 452 g/mol. The van der Waals surface area contributed by atoms with Crippen LogP contribution in [0.4, 0.5) is 0 Å². The van der Waals surface area contributed by atoms with E-state index in [0.717, 1.165) is 38.6 Å². The van der Waals surface area contributed by atoms with E-state index in [1.165, 1.54) is 30.4 Å². The molecule has 2 heterocycles. The summed E-state index contributed by atoms with van der Waals surface area (Å²) in [5.41, 5.74) is 0.677. The molecular formula is C28H37NO4. The highest BCUT2D eigenvalue weighted by Gasteiger charge is 2.80. The summed E-state index contributed by atoms with van der Waals surface area (Å²) in [6, 6.07) is 4.28. The van der Waals surface area contributed by atoms with E-state index in [-0.39, 0.29) is 34.5 Å². The Hall–Kier alpha value is -1.56. The van der Waals surface area contributed by atoms with Crippen LogP contribution in [0.5, 0.6) is 11.5 Å². The lowest BCUT2D eigenvalue weighted by Crippen LogP contribution is -2.81. The molecule has 2 N–H and O–H groups in total. The van der Waals surface area contributed by atoms with Gasteiger partial charge < -0.3 is 24.6 Å². The van der Waals surface area contributed by atoms with Crippen molar-refractivity contribution in [1.82, 2.24) is 4.90 Å². The SMILES string of the molecule is CO[C@@]12C=CC3(C[C@@H]1C(C)(O)C1CCCCC1)[C@H]1Cc4ccc(O)c5c4[C@@]3(CCN1C)[C@H]2O5. The van der Waals surface area contributed by atoms with Crippen molar-refractivity contribution in [3.8, 4) is 11.5 Å². The molecule has 0 amide bonds. The number of likely N-dealkylation sites (tertiary alicyclic amines) is 1. The molecule has 7 atom stereocenters. The van der Waals surface area contributed by atoms with Crippen LogP contribution in [-0.4, -0.2) is 59.2 Å². The summed E-state index contributed by atoms with van der Waals surface area (Å²) in [6.45, 7) is 3.09. The Balaban J connectivity index is 1.47. The van der Waals surface area contributed by atoms with Gasteiger partial charge in [0.1, 0.15) is 11.7 Å². The molecular weight excluding hydrogens is 414 g/mol. The van der Waals surface area contributed by atoms with E-state index in [2.05, 4.69) is 37.1 Å². The third-order valence-corrected chi connectivity index (χ3v) is 11.2. The zero-order valence-electron chi connectivity index (χ0n) is 20.1. The van der Waals surface area contributed by atoms with Crippen molar-refractivity contribution in [2.45, 2.75) is 87.1 Å². The fraction of sp³-hybridized carbons (Fsp3) is 0.714. The lowest BCUT2D eigenvalue weighted by atomic mass is 9.35. The van der Waals surface area contributed by atoms with Gasteiger partial charge >= 0.3 is 0 Å². The zero-order valence-corrected chi connectivity index (χ0v) is 20.1. The standard InChI is InChI=1S/C28H37NO4/c1-25(31,18-7-5-4-6-8-18)20-16-26-11-12-28(20,32-3)24-27(26)13-14-29(2)21(26)15-17-9-10-19(30)23(33-24)22(17)27/h9-12,18,20-21,24,30-31H,4-8,13-16H2,1-3H3/t20-,21-,24-,25?,26?,27+,28+/m1/s1.